The average Bonchev–Trinajstić information content (AvgIpc) is 2.66. The van der Waals surface area contributed by atoms with Crippen LogP contribution in [0.1, 0.15) is 23.7 Å². The first kappa shape index (κ1) is 18.4. The molecule has 0 saturated heterocycles. The molecule has 27 heavy (non-hydrogen) atoms. The van der Waals surface area contributed by atoms with Crippen LogP contribution < -0.4 is 10.9 Å². The highest BCUT2D eigenvalue weighted by molar-refractivity contribution is 5.87. The number of hydrogen-bond acceptors (Lipinski definition) is 5. The fraction of sp³-hybridized carbons (Fsp3) is 0.190. The van der Waals surface area contributed by atoms with Gasteiger partial charge in [-0.05, 0) is 49.2 Å². The maximum absolute atomic E-state index is 12.2. The van der Waals surface area contributed by atoms with Gasteiger partial charge in [-0.3, -0.25) is 9.20 Å². The number of hydrogen-bond donors (Lipinski definition) is 1. The minimum absolute atomic E-state index is 0.0973. The van der Waals surface area contributed by atoms with Crippen molar-refractivity contribution in [3.8, 4) is 0 Å². The van der Waals surface area contributed by atoms with Gasteiger partial charge < -0.3 is 10.1 Å². The Bertz CT molecular complexity index is 1040. The van der Waals surface area contributed by atoms with Gasteiger partial charge in [-0.25, -0.2) is 9.78 Å². The van der Waals surface area contributed by atoms with Gasteiger partial charge in [0, 0.05) is 24.0 Å². The number of pyridine rings is 1. The lowest BCUT2D eigenvalue weighted by molar-refractivity contribution is -0.137. The molecule has 2 aromatic heterocycles. The summed E-state index contributed by atoms with van der Waals surface area (Å²) in [6, 6.07) is 12.9. The van der Waals surface area contributed by atoms with Crippen LogP contribution in [0.15, 0.2) is 59.5 Å². The van der Waals surface area contributed by atoms with E-state index in [0.717, 1.165) is 16.8 Å². The van der Waals surface area contributed by atoms with Crippen molar-refractivity contribution < 1.29 is 9.53 Å². The van der Waals surface area contributed by atoms with Crippen LogP contribution in [0.4, 0.5) is 5.69 Å². The smallest absolute Gasteiger partial charge is 0.330 e. The van der Waals surface area contributed by atoms with Crippen LogP contribution in [0.25, 0.3) is 11.7 Å². The van der Waals surface area contributed by atoms with E-state index in [1.54, 1.807) is 23.6 Å². The summed E-state index contributed by atoms with van der Waals surface area (Å²) >= 11 is 0. The van der Waals surface area contributed by atoms with Crippen LogP contribution in [-0.2, 0) is 16.1 Å². The van der Waals surface area contributed by atoms with E-state index < -0.39 is 0 Å². The SMILES string of the molecule is CCOC(=O)C=Cc1ccc(NCc2cc(=O)n3cc(C)ccc3n2)cc1. The predicted molar refractivity (Wildman–Crippen MR) is 106 cm³/mol. The zero-order valence-electron chi connectivity index (χ0n) is 15.3. The lowest BCUT2D eigenvalue weighted by atomic mass is 10.2. The number of aromatic nitrogens is 2. The maximum atomic E-state index is 12.2. The fourth-order valence-corrected chi connectivity index (χ4v) is 2.61. The van der Waals surface area contributed by atoms with Crippen molar-refractivity contribution in [1.29, 1.82) is 0 Å². The lowest BCUT2D eigenvalue weighted by Crippen LogP contribution is -2.17. The molecule has 0 unspecified atom stereocenters. The number of aryl methyl sites for hydroxylation is 1. The van der Waals surface area contributed by atoms with Gasteiger partial charge in [-0.2, -0.15) is 0 Å². The summed E-state index contributed by atoms with van der Waals surface area (Å²) in [4.78, 5) is 28.1. The minimum atomic E-state index is -0.358. The highest BCUT2D eigenvalue weighted by atomic mass is 16.5. The number of nitrogens with one attached hydrogen (secondary N) is 1. The number of fused-ring (bicyclic) bond motifs is 1. The number of nitrogens with zero attached hydrogens (tertiary/aromatic N) is 2. The van der Waals surface area contributed by atoms with Gasteiger partial charge in [-0.1, -0.05) is 18.2 Å². The summed E-state index contributed by atoms with van der Waals surface area (Å²) in [5, 5.41) is 3.25. The number of carbonyl (C=O) groups is 1. The average molecular weight is 363 g/mol. The first-order valence-electron chi connectivity index (χ1n) is 8.73. The summed E-state index contributed by atoms with van der Waals surface area (Å²) in [5.74, 6) is -0.358. The number of benzene rings is 1. The van der Waals surface area contributed by atoms with Crippen LogP contribution in [0.3, 0.4) is 0 Å². The molecule has 3 rings (SSSR count). The highest BCUT2D eigenvalue weighted by Crippen LogP contribution is 2.12. The summed E-state index contributed by atoms with van der Waals surface area (Å²) in [5.41, 5.74) is 4.01. The van der Waals surface area contributed by atoms with Crippen molar-refractivity contribution in [1.82, 2.24) is 9.38 Å². The van der Waals surface area contributed by atoms with Gasteiger partial charge in [0.2, 0.25) is 0 Å². The van der Waals surface area contributed by atoms with Gasteiger partial charge in [0.25, 0.3) is 5.56 Å². The standard InChI is InChI=1S/C21H21N3O3/c1-3-27-21(26)11-7-16-5-8-17(9-6-16)22-13-18-12-20(25)24-14-15(2)4-10-19(24)23-18/h4-12,14,22H,3,13H2,1-2H3. The molecule has 0 saturated carbocycles. The lowest BCUT2D eigenvalue weighted by Gasteiger charge is -2.08. The second-order valence-corrected chi connectivity index (χ2v) is 6.08. The van der Waals surface area contributed by atoms with Crippen molar-refractivity contribution in [3.05, 3.63) is 81.9 Å². The van der Waals surface area contributed by atoms with Gasteiger partial charge in [-0.15, -0.1) is 0 Å². The van der Waals surface area contributed by atoms with Crippen LogP contribution in [0.2, 0.25) is 0 Å². The maximum Gasteiger partial charge on any atom is 0.330 e. The van der Waals surface area contributed by atoms with Crippen molar-refractivity contribution in [2.24, 2.45) is 0 Å². The Hall–Kier alpha value is -3.41. The molecule has 0 bridgehead atoms. The molecule has 0 radical (unpaired) electrons. The Morgan fingerprint density at radius 1 is 1.22 bits per heavy atom. The molecular weight excluding hydrogens is 342 g/mol. The van der Waals surface area contributed by atoms with Crippen LogP contribution in [-0.4, -0.2) is 22.0 Å². The van der Waals surface area contributed by atoms with E-state index in [0.29, 0.717) is 24.5 Å². The Balaban J connectivity index is 1.66. The molecule has 0 aliphatic rings. The Morgan fingerprint density at radius 2 is 2.00 bits per heavy atom. The quantitative estimate of drug-likeness (QED) is 0.538. The number of ether oxygens (including phenoxy) is 1. The zero-order valence-corrected chi connectivity index (χ0v) is 15.3. The summed E-state index contributed by atoms with van der Waals surface area (Å²) in [6.07, 6.45) is 4.89. The van der Waals surface area contributed by atoms with Gasteiger partial charge in [0.15, 0.2) is 0 Å². The topological polar surface area (TPSA) is 72.7 Å². The molecule has 6 heteroatoms. The summed E-state index contributed by atoms with van der Waals surface area (Å²) in [7, 11) is 0. The number of anilines is 1. The third-order valence-corrected chi connectivity index (χ3v) is 3.94. The Morgan fingerprint density at radius 3 is 2.74 bits per heavy atom. The summed E-state index contributed by atoms with van der Waals surface area (Å²) < 4.78 is 6.39. The normalized spacial score (nSPS) is 11.0. The second kappa shape index (κ2) is 8.31. The van der Waals surface area contributed by atoms with E-state index in [1.807, 2.05) is 43.3 Å². The molecule has 3 aromatic rings. The first-order chi connectivity index (χ1) is 13.0. The van der Waals surface area contributed by atoms with E-state index in [4.69, 9.17) is 4.74 Å². The molecule has 0 aliphatic carbocycles. The van der Waals surface area contributed by atoms with E-state index >= 15 is 0 Å². The predicted octanol–water partition coefficient (Wildman–Crippen LogP) is 3.19. The molecule has 1 N–H and O–H groups in total. The monoisotopic (exact) mass is 363 g/mol. The number of rotatable bonds is 6. The largest absolute Gasteiger partial charge is 0.463 e. The number of carbonyl (C=O) groups excluding carboxylic acids is 1. The van der Waals surface area contributed by atoms with Crippen molar-refractivity contribution >= 4 is 23.4 Å². The Labute approximate surface area is 157 Å². The van der Waals surface area contributed by atoms with Crippen LogP contribution in [0, 0.1) is 6.92 Å². The second-order valence-electron chi connectivity index (χ2n) is 6.08. The molecule has 138 valence electrons. The van der Waals surface area contributed by atoms with E-state index in [2.05, 4.69) is 10.3 Å². The van der Waals surface area contributed by atoms with Crippen LogP contribution >= 0.6 is 0 Å². The molecule has 2 heterocycles. The molecule has 6 nitrogen and oxygen atoms in total. The van der Waals surface area contributed by atoms with E-state index in [-0.39, 0.29) is 11.5 Å². The zero-order chi connectivity index (χ0) is 19.2. The third kappa shape index (κ3) is 4.82. The van der Waals surface area contributed by atoms with Crippen molar-refractivity contribution in [2.45, 2.75) is 20.4 Å². The van der Waals surface area contributed by atoms with E-state index in [9.17, 15) is 9.59 Å². The molecule has 0 atom stereocenters. The van der Waals surface area contributed by atoms with Gasteiger partial charge in [0.1, 0.15) is 5.65 Å². The Kier molecular flexibility index (Phi) is 5.66. The molecule has 0 amide bonds. The molecular formula is C21H21N3O3. The molecule has 1 aromatic carbocycles. The molecule has 0 spiro atoms. The van der Waals surface area contributed by atoms with Crippen molar-refractivity contribution in [2.75, 3.05) is 11.9 Å². The van der Waals surface area contributed by atoms with Crippen LogP contribution in [0.5, 0.6) is 0 Å². The van der Waals surface area contributed by atoms with Gasteiger partial charge in [0.05, 0.1) is 18.8 Å². The van der Waals surface area contributed by atoms with E-state index in [1.165, 1.54) is 12.1 Å². The first-order valence-corrected chi connectivity index (χ1v) is 8.73. The summed E-state index contributed by atoms with van der Waals surface area (Å²) in [6.45, 7) is 4.51. The van der Waals surface area contributed by atoms with Crippen molar-refractivity contribution in [3.63, 3.8) is 0 Å². The fourth-order valence-electron chi connectivity index (χ4n) is 2.61. The minimum Gasteiger partial charge on any atom is -0.463 e. The molecule has 0 aliphatic heterocycles. The van der Waals surface area contributed by atoms with Gasteiger partial charge >= 0.3 is 5.97 Å². The highest BCUT2D eigenvalue weighted by Gasteiger charge is 2.03. The number of esters is 1. The molecule has 0 fully saturated rings. The third-order valence-electron chi connectivity index (χ3n) is 3.94.